The van der Waals surface area contributed by atoms with E-state index in [4.69, 9.17) is 0 Å². The Bertz CT molecular complexity index is 810. The molecule has 0 unspecified atom stereocenters. The van der Waals surface area contributed by atoms with E-state index in [-0.39, 0.29) is 17.9 Å². The summed E-state index contributed by atoms with van der Waals surface area (Å²) in [5.74, 6) is 1.03. The highest BCUT2D eigenvalue weighted by molar-refractivity contribution is 5.76. The molecular weight excluding hydrogens is 300 g/mol. The fourth-order valence-corrected chi connectivity index (χ4v) is 2.75. The van der Waals surface area contributed by atoms with Crippen molar-refractivity contribution in [3.63, 3.8) is 0 Å². The van der Waals surface area contributed by atoms with Gasteiger partial charge < -0.3 is 5.32 Å². The Morgan fingerprint density at radius 3 is 2.58 bits per heavy atom. The zero-order valence-corrected chi connectivity index (χ0v) is 14.0. The van der Waals surface area contributed by atoms with Crippen molar-refractivity contribution in [2.45, 2.75) is 32.7 Å². The van der Waals surface area contributed by atoms with Crippen LogP contribution in [0.5, 0.6) is 0 Å². The normalized spacial score (nSPS) is 12.5. The van der Waals surface area contributed by atoms with Gasteiger partial charge in [0.25, 0.3) is 0 Å². The Morgan fingerprint density at radius 1 is 1.08 bits per heavy atom. The molecule has 5 nitrogen and oxygen atoms in total. The molecule has 1 atom stereocenters. The molecule has 24 heavy (non-hydrogen) atoms. The van der Waals surface area contributed by atoms with E-state index in [1.165, 1.54) is 5.56 Å². The first kappa shape index (κ1) is 16.2. The molecule has 124 valence electrons. The summed E-state index contributed by atoms with van der Waals surface area (Å²) in [6.45, 7) is 4.15. The summed E-state index contributed by atoms with van der Waals surface area (Å²) in [5.41, 5.74) is 1.96. The highest BCUT2D eigenvalue weighted by Gasteiger charge is 2.23. The SMILES string of the molecule is CC(C)[C@@H](NC(=O)CCc1ccccc1)c1nnc2ccccn12. The minimum Gasteiger partial charge on any atom is -0.346 e. The van der Waals surface area contributed by atoms with Gasteiger partial charge in [-0.2, -0.15) is 0 Å². The lowest BCUT2D eigenvalue weighted by Gasteiger charge is -2.21. The van der Waals surface area contributed by atoms with Crippen LogP contribution in [-0.4, -0.2) is 20.5 Å². The highest BCUT2D eigenvalue weighted by Crippen LogP contribution is 2.21. The first-order valence-electron chi connectivity index (χ1n) is 8.28. The molecule has 5 heteroatoms. The number of nitrogens with zero attached hydrogens (tertiary/aromatic N) is 3. The summed E-state index contributed by atoms with van der Waals surface area (Å²) in [6, 6.07) is 15.7. The van der Waals surface area contributed by atoms with Crippen LogP contribution in [0, 0.1) is 5.92 Å². The number of carbonyl (C=O) groups excluding carboxylic acids is 1. The smallest absolute Gasteiger partial charge is 0.220 e. The van der Waals surface area contributed by atoms with Gasteiger partial charge in [-0.05, 0) is 30.0 Å². The van der Waals surface area contributed by atoms with Crippen LogP contribution in [0.25, 0.3) is 5.65 Å². The first-order valence-corrected chi connectivity index (χ1v) is 8.28. The van der Waals surface area contributed by atoms with E-state index in [0.29, 0.717) is 6.42 Å². The maximum Gasteiger partial charge on any atom is 0.220 e. The second-order valence-electron chi connectivity index (χ2n) is 6.26. The maximum atomic E-state index is 12.4. The van der Waals surface area contributed by atoms with Gasteiger partial charge in [0.15, 0.2) is 11.5 Å². The summed E-state index contributed by atoms with van der Waals surface area (Å²) in [7, 11) is 0. The molecule has 0 radical (unpaired) electrons. The number of nitrogens with one attached hydrogen (secondary N) is 1. The second-order valence-corrected chi connectivity index (χ2v) is 6.26. The average molecular weight is 322 g/mol. The molecule has 1 N–H and O–H groups in total. The van der Waals surface area contributed by atoms with Crippen LogP contribution in [0.4, 0.5) is 0 Å². The van der Waals surface area contributed by atoms with Crippen LogP contribution in [-0.2, 0) is 11.2 Å². The van der Waals surface area contributed by atoms with Gasteiger partial charge >= 0.3 is 0 Å². The fourth-order valence-electron chi connectivity index (χ4n) is 2.75. The zero-order chi connectivity index (χ0) is 16.9. The third-order valence-corrected chi connectivity index (χ3v) is 4.08. The average Bonchev–Trinajstić information content (AvgIpc) is 3.02. The maximum absolute atomic E-state index is 12.4. The van der Waals surface area contributed by atoms with Crippen LogP contribution >= 0.6 is 0 Å². The van der Waals surface area contributed by atoms with Crippen molar-refractivity contribution in [3.8, 4) is 0 Å². The Hall–Kier alpha value is -2.69. The van der Waals surface area contributed by atoms with E-state index in [1.807, 2.05) is 59.1 Å². The summed E-state index contributed by atoms with van der Waals surface area (Å²) >= 11 is 0. The van der Waals surface area contributed by atoms with Gasteiger partial charge in [-0.3, -0.25) is 9.20 Å². The number of benzene rings is 1. The van der Waals surface area contributed by atoms with Crippen LogP contribution in [0.15, 0.2) is 54.7 Å². The monoisotopic (exact) mass is 322 g/mol. The summed E-state index contributed by atoms with van der Waals surface area (Å²) in [6.07, 6.45) is 3.12. The number of hydrogen-bond acceptors (Lipinski definition) is 3. The number of aryl methyl sites for hydroxylation is 1. The zero-order valence-electron chi connectivity index (χ0n) is 14.0. The molecule has 0 aliphatic rings. The number of hydrogen-bond donors (Lipinski definition) is 1. The van der Waals surface area contributed by atoms with Crippen molar-refractivity contribution in [1.82, 2.24) is 19.9 Å². The Balaban J connectivity index is 1.71. The summed E-state index contributed by atoms with van der Waals surface area (Å²) in [4.78, 5) is 12.4. The third-order valence-electron chi connectivity index (χ3n) is 4.08. The van der Waals surface area contributed by atoms with Crippen LogP contribution in [0.1, 0.15) is 37.7 Å². The standard InChI is InChI=1S/C19H22N4O/c1-14(2)18(19-22-21-16-10-6-7-13-23(16)19)20-17(24)12-11-15-8-4-3-5-9-15/h3-10,13-14,18H,11-12H2,1-2H3,(H,20,24)/t18-/m1/s1. The predicted molar refractivity (Wildman–Crippen MR) is 93.5 cm³/mol. The number of fused-ring (bicyclic) bond motifs is 1. The van der Waals surface area contributed by atoms with E-state index in [2.05, 4.69) is 29.4 Å². The van der Waals surface area contributed by atoms with Gasteiger partial charge in [-0.15, -0.1) is 10.2 Å². The molecule has 0 bridgehead atoms. The molecule has 3 aromatic rings. The van der Waals surface area contributed by atoms with Gasteiger partial charge in [0.05, 0.1) is 6.04 Å². The van der Waals surface area contributed by atoms with Crippen molar-refractivity contribution < 1.29 is 4.79 Å². The minimum absolute atomic E-state index is 0.0326. The molecule has 2 aromatic heterocycles. The van der Waals surface area contributed by atoms with E-state index in [1.54, 1.807) is 0 Å². The highest BCUT2D eigenvalue weighted by atomic mass is 16.1. The van der Waals surface area contributed by atoms with Crippen LogP contribution < -0.4 is 5.32 Å². The summed E-state index contributed by atoms with van der Waals surface area (Å²) < 4.78 is 1.93. The number of carbonyl (C=O) groups is 1. The molecule has 0 aliphatic heterocycles. The number of rotatable bonds is 6. The van der Waals surface area contributed by atoms with Crippen LogP contribution in [0.2, 0.25) is 0 Å². The Labute approximate surface area is 141 Å². The molecular formula is C19H22N4O. The Kier molecular flexibility index (Phi) is 4.89. The van der Waals surface area contributed by atoms with E-state index in [9.17, 15) is 4.79 Å². The Morgan fingerprint density at radius 2 is 1.83 bits per heavy atom. The largest absolute Gasteiger partial charge is 0.346 e. The predicted octanol–water partition coefficient (Wildman–Crippen LogP) is 3.18. The summed E-state index contributed by atoms with van der Waals surface area (Å²) in [5, 5.41) is 11.6. The first-order chi connectivity index (χ1) is 11.6. The topological polar surface area (TPSA) is 59.3 Å². The number of amides is 1. The van der Waals surface area contributed by atoms with Gasteiger partial charge in [0.1, 0.15) is 0 Å². The van der Waals surface area contributed by atoms with Crippen molar-refractivity contribution in [3.05, 3.63) is 66.1 Å². The molecule has 1 aromatic carbocycles. The quantitative estimate of drug-likeness (QED) is 0.758. The molecule has 0 aliphatic carbocycles. The van der Waals surface area contributed by atoms with Crippen LogP contribution in [0.3, 0.4) is 0 Å². The third kappa shape index (κ3) is 3.62. The van der Waals surface area contributed by atoms with Gasteiger partial charge in [-0.25, -0.2) is 0 Å². The fraction of sp³-hybridized carbons (Fsp3) is 0.316. The van der Waals surface area contributed by atoms with Crippen molar-refractivity contribution in [2.75, 3.05) is 0 Å². The molecule has 0 saturated carbocycles. The van der Waals surface area contributed by atoms with E-state index in [0.717, 1.165) is 17.9 Å². The van der Waals surface area contributed by atoms with E-state index < -0.39 is 0 Å². The van der Waals surface area contributed by atoms with E-state index >= 15 is 0 Å². The van der Waals surface area contributed by atoms with Gasteiger partial charge in [-0.1, -0.05) is 50.2 Å². The molecule has 3 rings (SSSR count). The molecule has 0 spiro atoms. The molecule has 0 saturated heterocycles. The lowest BCUT2D eigenvalue weighted by atomic mass is 10.0. The molecule has 2 heterocycles. The molecule has 0 fully saturated rings. The van der Waals surface area contributed by atoms with Crippen molar-refractivity contribution in [1.29, 1.82) is 0 Å². The number of pyridine rings is 1. The number of aromatic nitrogens is 3. The van der Waals surface area contributed by atoms with Gasteiger partial charge in [0, 0.05) is 12.6 Å². The van der Waals surface area contributed by atoms with Crippen molar-refractivity contribution >= 4 is 11.6 Å². The lowest BCUT2D eigenvalue weighted by molar-refractivity contribution is -0.122. The molecule has 1 amide bonds. The lowest BCUT2D eigenvalue weighted by Crippen LogP contribution is -2.33. The van der Waals surface area contributed by atoms with Gasteiger partial charge in [0.2, 0.25) is 5.91 Å². The minimum atomic E-state index is -0.161. The van der Waals surface area contributed by atoms with Crippen molar-refractivity contribution in [2.24, 2.45) is 5.92 Å². The second kappa shape index (κ2) is 7.25.